The van der Waals surface area contributed by atoms with Gasteiger partial charge in [0.2, 0.25) is 5.91 Å². The first-order chi connectivity index (χ1) is 10.9. The average Bonchev–Trinajstić information content (AvgIpc) is 2.82. The molecule has 1 aliphatic rings. The maximum absolute atomic E-state index is 11.9. The quantitative estimate of drug-likeness (QED) is 0.709. The molecule has 0 aliphatic heterocycles. The number of carboxylic acids is 1. The summed E-state index contributed by atoms with van der Waals surface area (Å²) in [4.78, 5) is 35.3. The predicted molar refractivity (Wildman–Crippen MR) is 88.8 cm³/mol. The number of amides is 2. The first kappa shape index (κ1) is 17.5. The van der Waals surface area contributed by atoms with E-state index in [4.69, 9.17) is 10.8 Å². The van der Waals surface area contributed by atoms with Crippen LogP contribution in [0.25, 0.3) is 0 Å². The highest BCUT2D eigenvalue weighted by molar-refractivity contribution is 7.17. The molecular weight excluding hydrogens is 316 g/mol. The lowest BCUT2D eigenvalue weighted by molar-refractivity contribution is -0.138. The molecule has 0 bridgehead atoms. The van der Waals surface area contributed by atoms with Crippen molar-refractivity contribution >= 4 is 34.1 Å². The molecular formula is C16H22N2O4S. The lowest BCUT2D eigenvalue weighted by Gasteiger charge is -2.21. The van der Waals surface area contributed by atoms with Crippen LogP contribution >= 0.6 is 11.3 Å². The monoisotopic (exact) mass is 338 g/mol. The van der Waals surface area contributed by atoms with E-state index in [1.807, 2.05) is 0 Å². The minimum absolute atomic E-state index is 0.117. The SMILES string of the molecule is CCCC1CCc2c(sc(NC(=O)CCC(=O)O)c2C(N)=O)C1. The highest BCUT2D eigenvalue weighted by Gasteiger charge is 2.28. The number of hydrogen-bond donors (Lipinski definition) is 3. The molecule has 2 rings (SSSR count). The molecule has 7 heteroatoms. The molecule has 1 aromatic heterocycles. The van der Waals surface area contributed by atoms with Crippen LogP contribution < -0.4 is 11.1 Å². The van der Waals surface area contributed by atoms with Crippen molar-refractivity contribution in [3.05, 3.63) is 16.0 Å². The summed E-state index contributed by atoms with van der Waals surface area (Å²) in [7, 11) is 0. The van der Waals surface area contributed by atoms with Crippen LogP contribution in [0, 0.1) is 5.92 Å². The molecule has 0 aromatic carbocycles. The average molecular weight is 338 g/mol. The Morgan fingerprint density at radius 3 is 2.70 bits per heavy atom. The fourth-order valence-corrected chi connectivity index (χ4v) is 4.45. The second kappa shape index (κ2) is 7.59. The molecule has 1 heterocycles. The molecule has 1 aromatic rings. The number of hydrogen-bond acceptors (Lipinski definition) is 4. The molecule has 4 N–H and O–H groups in total. The zero-order valence-corrected chi connectivity index (χ0v) is 14.0. The Morgan fingerprint density at radius 2 is 2.09 bits per heavy atom. The minimum Gasteiger partial charge on any atom is -0.481 e. The summed E-state index contributed by atoms with van der Waals surface area (Å²) < 4.78 is 0. The van der Waals surface area contributed by atoms with Crippen molar-refractivity contribution in [1.29, 1.82) is 0 Å². The summed E-state index contributed by atoms with van der Waals surface area (Å²) in [5.74, 6) is -1.35. The van der Waals surface area contributed by atoms with Gasteiger partial charge in [0.05, 0.1) is 12.0 Å². The van der Waals surface area contributed by atoms with Gasteiger partial charge in [0.1, 0.15) is 5.00 Å². The van der Waals surface area contributed by atoms with E-state index >= 15 is 0 Å². The van der Waals surface area contributed by atoms with Crippen molar-refractivity contribution in [1.82, 2.24) is 0 Å². The lowest BCUT2D eigenvalue weighted by Crippen LogP contribution is -2.20. The summed E-state index contributed by atoms with van der Waals surface area (Å²) in [6.07, 6.45) is 4.69. The van der Waals surface area contributed by atoms with Crippen molar-refractivity contribution in [2.45, 2.75) is 51.9 Å². The standard InChI is InChI=1S/C16H22N2O4S/c1-2-3-9-4-5-10-11(8-9)23-16(14(10)15(17)22)18-12(19)6-7-13(20)21/h9H,2-8H2,1H3,(H2,17,22)(H,18,19)(H,20,21). The van der Waals surface area contributed by atoms with Crippen molar-refractivity contribution in [3.8, 4) is 0 Å². The van der Waals surface area contributed by atoms with E-state index < -0.39 is 17.8 Å². The van der Waals surface area contributed by atoms with Crippen molar-refractivity contribution in [3.63, 3.8) is 0 Å². The number of nitrogens with two attached hydrogens (primary N) is 1. The maximum Gasteiger partial charge on any atom is 0.303 e. The second-order valence-corrected chi connectivity index (χ2v) is 7.02. The van der Waals surface area contributed by atoms with Gasteiger partial charge in [0, 0.05) is 11.3 Å². The van der Waals surface area contributed by atoms with Gasteiger partial charge in [-0.1, -0.05) is 19.8 Å². The molecule has 1 unspecified atom stereocenters. The number of thiophene rings is 1. The van der Waals surface area contributed by atoms with Crippen LogP contribution in [0.3, 0.4) is 0 Å². The third-order valence-corrected chi connectivity index (χ3v) is 5.30. The first-order valence-electron chi connectivity index (χ1n) is 7.88. The molecule has 0 fully saturated rings. The summed E-state index contributed by atoms with van der Waals surface area (Å²) in [6.45, 7) is 2.16. The van der Waals surface area contributed by atoms with E-state index in [0.29, 0.717) is 16.5 Å². The van der Waals surface area contributed by atoms with E-state index in [1.165, 1.54) is 11.3 Å². The Morgan fingerprint density at radius 1 is 1.35 bits per heavy atom. The third kappa shape index (κ3) is 4.31. The zero-order valence-electron chi connectivity index (χ0n) is 13.2. The maximum atomic E-state index is 11.9. The van der Waals surface area contributed by atoms with Gasteiger partial charge in [-0.25, -0.2) is 0 Å². The van der Waals surface area contributed by atoms with Gasteiger partial charge in [-0.3, -0.25) is 14.4 Å². The van der Waals surface area contributed by atoms with E-state index in [9.17, 15) is 14.4 Å². The molecule has 6 nitrogen and oxygen atoms in total. The molecule has 0 spiro atoms. The Bertz CT molecular complexity index is 624. The highest BCUT2D eigenvalue weighted by atomic mass is 32.1. The fourth-order valence-electron chi connectivity index (χ4n) is 3.07. The van der Waals surface area contributed by atoms with Gasteiger partial charge in [-0.05, 0) is 30.7 Å². The first-order valence-corrected chi connectivity index (χ1v) is 8.70. The van der Waals surface area contributed by atoms with E-state index in [1.54, 1.807) is 0 Å². The second-order valence-electron chi connectivity index (χ2n) is 5.91. The van der Waals surface area contributed by atoms with Gasteiger partial charge in [0.25, 0.3) is 5.91 Å². The molecule has 1 aliphatic carbocycles. The smallest absolute Gasteiger partial charge is 0.303 e. The van der Waals surface area contributed by atoms with Gasteiger partial charge in [-0.15, -0.1) is 11.3 Å². The van der Waals surface area contributed by atoms with Crippen LogP contribution in [0.2, 0.25) is 0 Å². The molecule has 1 atom stereocenters. The van der Waals surface area contributed by atoms with Crippen molar-refractivity contribution in [2.75, 3.05) is 5.32 Å². The number of primary amides is 1. The number of nitrogens with one attached hydrogen (secondary N) is 1. The molecule has 0 saturated carbocycles. The third-order valence-electron chi connectivity index (χ3n) is 4.13. The number of anilines is 1. The van der Waals surface area contributed by atoms with Gasteiger partial charge in [0.15, 0.2) is 0 Å². The van der Waals surface area contributed by atoms with Gasteiger partial charge in [-0.2, -0.15) is 0 Å². The number of carboxylic acid groups (broad SMARTS) is 1. The fraction of sp³-hybridized carbons (Fsp3) is 0.562. The van der Waals surface area contributed by atoms with Crippen molar-refractivity contribution in [2.24, 2.45) is 11.7 Å². The molecule has 0 saturated heterocycles. The van der Waals surface area contributed by atoms with Gasteiger partial charge >= 0.3 is 5.97 Å². The normalized spacial score (nSPS) is 16.7. The summed E-state index contributed by atoms with van der Waals surface area (Å²) >= 11 is 1.40. The Kier molecular flexibility index (Phi) is 5.76. The molecule has 0 radical (unpaired) electrons. The van der Waals surface area contributed by atoms with Crippen LogP contribution in [-0.4, -0.2) is 22.9 Å². The number of aliphatic carboxylic acids is 1. The van der Waals surface area contributed by atoms with Crippen LogP contribution in [0.1, 0.15) is 59.8 Å². The van der Waals surface area contributed by atoms with Crippen LogP contribution in [0.15, 0.2) is 0 Å². The predicted octanol–water partition coefficient (Wildman–Crippen LogP) is 2.56. The molecule has 126 valence electrons. The van der Waals surface area contributed by atoms with E-state index in [2.05, 4.69) is 12.2 Å². The molecule has 2 amide bonds. The Hall–Kier alpha value is -1.89. The zero-order chi connectivity index (χ0) is 17.0. The lowest BCUT2D eigenvalue weighted by atomic mass is 9.84. The Labute approximate surface area is 139 Å². The number of carbonyl (C=O) groups is 3. The van der Waals surface area contributed by atoms with E-state index in [0.717, 1.165) is 42.5 Å². The topological polar surface area (TPSA) is 109 Å². The van der Waals surface area contributed by atoms with Crippen LogP contribution in [0.5, 0.6) is 0 Å². The number of rotatable bonds is 7. The number of carbonyl (C=O) groups excluding carboxylic acids is 2. The largest absolute Gasteiger partial charge is 0.481 e. The van der Waals surface area contributed by atoms with Gasteiger partial charge < -0.3 is 16.2 Å². The minimum atomic E-state index is -1.02. The van der Waals surface area contributed by atoms with Crippen LogP contribution in [-0.2, 0) is 22.4 Å². The summed E-state index contributed by atoms with van der Waals surface area (Å²) in [5.41, 5.74) is 6.86. The molecule has 23 heavy (non-hydrogen) atoms. The summed E-state index contributed by atoms with van der Waals surface area (Å²) in [5, 5.41) is 11.8. The number of fused-ring (bicyclic) bond motifs is 1. The Balaban J connectivity index is 2.18. The highest BCUT2D eigenvalue weighted by Crippen LogP contribution is 2.40. The van der Waals surface area contributed by atoms with Crippen LogP contribution in [0.4, 0.5) is 5.00 Å². The summed E-state index contributed by atoms with van der Waals surface area (Å²) in [6, 6.07) is 0. The van der Waals surface area contributed by atoms with E-state index in [-0.39, 0.29) is 12.8 Å². The van der Waals surface area contributed by atoms with Crippen molar-refractivity contribution < 1.29 is 19.5 Å².